The van der Waals surface area contributed by atoms with Gasteiger partial charge in [0.05, 0.1) is 6.54 Å². The van der Waals surface area contributed by atoms with Gasteiger partial charge in [0.2, 0.25) is 6.79 Å². The molecule has 2 aromatic rings. The van der Waals surface area contributed by atoms with Gasteiger partial charge in [-0.1, -0.05) is 0 Å². The summed E-state index contributed by atoms with van der Waals surface area (Å²) in [7, 11) is 0. The molecule has 25 heavy (non-hydrogen) atoms. The number of nitrogens with zero attached hydrogens (tertiary/aromatic N) is 3. The number of ketones is 1. The number of ether oxygens (including phenoxy) is 2. The Labute approximate surface area is 141 Å². The first-order chi connectivity index (χ1) is 12.1. The van der Waals surface area contributed by atoms with Crippen LogP contribution in [0.5, 0.6) is 11.5 Å². The summed E-state index contributed by atoms with van der Waals surface area (Å²) in [6, 6.07) is 6.55. The van der Waals surface area contributed by atoms with E-state index < -0.39 is 23.6 Å². The van der Waals surface area contributed by atoms with E-state index in [2.05, 4.69) is 0 Å². The van der Waals surface area contributed by atoms with Gasteiger partial charge in [0, 0.05) is 17.8 Å². The topological polar surface area (TPSA) is 103 Å². The summed E-state index contributed by atoms with van der Waals surface area (Å²) >= 11 is 0. The van der Waals surface area contributed by atoms with Crippen molar-refractivity contribution >= 4 is 5.78 Å². The van der Waals surface area contributed by atoms with Crippen LogP contribution in [0.3, 0.4) is 0 Å². The van der Waals surface area contributed by atoms with E-state index in [1.807, 2.05) is 6.07 Å². The van der Waals surface area contributed by atoms with E-state index in [0.29, 0.717) is 42.1 Å². The Hall–Kier alpha value is -3.34. The number of benzene rings is 1. The maximum atomic E-state index is 12.5. The molecule has 1 aromatic carbocycles. The van der Waals surface area contributed by atoms with Gasteiger partial charge in [-0.3, -0.25) is 18.7 Å². The number of Topliss-reactive ketones (excluding diaryl/α,β-unsaturated/α-hetero) is 1. The molecule has 0 unspecified atom stereocenters. The van der Waals surface area contributed by atoms with Crippen LogP contribution in [0.1, 0.15) is 28.0 Å². The van der Waals surface area contributed by atoms with Crippen LogP contribution in [0.2, 0.25) is 0 Å². The fourth-order valence-electron chi connectivity index (χ4n) is 3.19. The Morgan fingerprint density at radius 1 is 1.24 bits per heavy atom. The van der Waals surface area contributed by atoms with Gasteiger partial charge in [-0.15, -0.1) is 0 Å². The summed E-state index contributed by atoms with van der Waals surface area (Å²) in [4.78, 5) is 37.5. The van der Waals surface area contributed by atoms with Gasteiger partial charge in [-0.25, -0.2) is 4.79 Å². The average Bonchev–Trinajstić information content (AvgIpc) is 3.27. The molecule has 0 radical (unpaired) electrons. The first-order valence-corrected chi connectivity index (χ1v) is 7.79. The maximum Gasteiger partial charge on any atom is 0.331 e. The van der Waals surface area contributed by atoms with Gasteiger partial charge in [-0.2, -0.15) is 5.26 Å². The monoisotopic (exact) mass is 339 g/mol. The molecule has 4 rings (SSSR count). The lowest BCUT2D eigenvalue weighted by atomic mass is 10.1. The summed E-state index contributed by atoms with van der Waals surface area (Å²) in [5, 5.41) is 9.26. The zero-order valence-electron chi connectivity index (χ0n) is 13.2. The van der Waals surface area contributed by atoms with Crippen LogP contribution in [-0.4, -0.2) is 21.7 Å². The van der Waals surface area contributed by atoms with E-state index in [9.17, 15) is 19.6 Å². The van der Waals surface area contributed by atoms with Crippen LogP contribution in [0.15, 0.2) is 27.8 Å². The Bertz CT molecular complexity index is 1060. The van der Waals surface area contributed by atoms with Crippen LogP contribution >= 0.6 is 0 Å². The molecule has 0 saturated carbocycles. The lowest BCUT2D eigenvalue weighted by molar-refractivity contribution is 0.0968. The Kier molecular flexibility index (Phi) is 3.42. The maximum absolute atomic E-state index is 12.5. The number of hydrogen-bond acceptors (Lipinski definition) is 6. The molecular weight excluding hydrogens is 326 g/mol. The van der Waals surface area contributed by atoms with E-state index in [1.54, 1.807) is 12.1 Å². The second-order valence-electron chi connectivity index (χ2n) is 5.85. The van der Waals surface area contributed by atoms with Crippen molar-refractivity contribution in [3.05, 3.63) is 55.9 Å². The predicted octanol–water partition coefficient (Wildman–Crippen LogP) is 0.439. The van der Waals surface area contributed by atoms with Crippen molar-refractivity contribution < 1.29 is 14.3 Å². The van der Waals surface area contributed by atoms with E-state index in [4.69, 9.17) is 9.47 Å². The van der Waals surface area contributed by atoms with Crippen LogP contribution in [0.4, 0.5) is 0 Å². The number of hydrogen-bond donors (Lipinski definition) is 0. The number of rotatable bonds is 3. The first kappa shape index (κ1) is 15.2. The van der Waals surface area contributed by atoms with Gasteiger partial charge in [0.1, 0.15) is 11.6 Å². The van der Waals surface area contributed by atoms with Crippen molar-refractivity contribution in [2.24, 2.45) is 0 Å². The Balaban J connectivity index is 1.74. The molecule has 0 bridgehead atoms. The quantitative estimate of drug-likeness (QED) is 0.752. The van der Waals surface area contributed by atoms with E-state index in [0.717, 1.165) is 4.57 Å². The molecule has 3 heterocycles. The fourth-order valence-corrected chi connectivity index (χ4v) is 3.19. The molecule has 8 heteroatoms. The molecule has 0 aliphatic carbocycles. The van der Waals surface area contributed by atoms with E-state index in [1.165, 1.54) is 10.6 Å². The van der Waals surface area contributed by atoms with Crippen LogP contribution in [-0.2, 0) is 19.5 Å². The summed E-state index contributed by atoms with van der Waals surface area (Å²) in [5.41, 5.74) is -0.556. The van der Waals surface area contributed by atoms with Crippen LogP contribution in [0.25, 0.3) is 0 Å². The van der Waals surface area contributed by atoms with Gasteiger partial charge in [0.25, 0.3) is 5.56 Å². The lowest BCUT2D eigenvalue weighted by Gasteiger charge is -2.10. The second-order valence-corrected chi connectivity index (χ2v) is 5.85. The van der Waals surface area contributed by atoms with Gasteiger partial charge < -0.3 is 9.47 Å². The summed E-state index contributed by atoms with van der Waals surface area (Å²) < 4.78 is 12.7. The molecule has 0 atom stereocenters. The molecule has 0 spiro atoms. The smallest absolute Gasteiger partial charge is 0.331 e. The third-order valence-electron chi connectivity index (χ3n) is 4.44. The lowest BCUT2D eigenvalue weighted by Crippen LogP contribution is -2.43. The third-order valence-corrected chi connectivity index (χ3v) is 4.44. The molecular formula is C17H13N3O5. The Morgan fingerprint density at radius 2 is 2.04 bits per heavy atom. The minimum atomic E-state index is -0.713. The van der Waals surface area contributed by atoms with E-state index in [-0.39, 0.29) is 12.4 Å². The van der Waals surface area contributed by atoms with Crippen molar-refractivity contribution in [3.8, 4) is 17.6 Å². The number of carbonyl (C=O) groups excluding carboxylic acids is 1. The number of carbonyl (C=O) groups is 1. The van der Waals surface area contributed by atoms with Crippen molar-refractivity contribution in [2.75, 3.05) is 6.79 Å². The molecule has 126 valence electrons. The minimum Gasteiger partial charge on any atom is -0.454 e. The van der Waals surface area contributed by atoms with Gasteiger partial charge in [-0.05, 0) is 31.0 Å². The summed E-state index contributed by atoms with van der Waals surface area (Å²) in [6.07, 6.45) is 1.22. The molecule has 2 aliphatic heterocycles. The average molecular weight is 339 g/mol. The highest BCUT2D eigenvalue weighted by molar-refractivity contribution is 5.96. The highest BCUT2D eigenvalue weighted by Crippen LogP contribution is 2.32. The molecule has 2 aliphatic rings. The largest absolute Gasteiger partial charge is 0.454 e. The van der Waals surface area contributed by atoms with Crippen molar-refractivity contribution in [1.29, 1.82) is 5.26 Å². The predicted molar refractivity (Wildman–Crippen MR) is 84.9 cm³/mol. The molecule has 0 amide bonds. The molecule has 0 saturated heterocycles. The first-order valence-electron chi connectivity index (χ1n) is 7.79. The minimum absolute atomic E-state index is 0.0596. The highest BCUT2D eigenvalue weighted by atomic mass is 16.7. The summed E-state index contributed by atoms with van der Waals surface area (Å²) in [6.45, 7) is 0.109. The number of nitriles is 1. The molecule has 8 nitrogen and oxygen atoms in total. The highest BCUT2D eigenvalue weighted by Gasteiger charge is 2.24. The normalized spacial score (nSPS) is 14.2. The zero-order valence-corrected chi connectivity index (χ0v) is 13.2. The standard InChI is InChI=1S/C17H13N3O5/c18-7-11-12-2-1-5-19(12)17(23)20(16(11)22)8-13(21)10-3-4-14-15(6-10)25-9-24-14/h3-4,6H,1-2,5,8-9H2. The molecule has 0 fully saturated rings. The third kappa shape index (κ3) is 2.32. The number of aromatic nitrogens is 2. The second kappa shape index (κ2) is 5.63. The van der Waals surface area contributed by atoms with E-state index >= 15 is 0 Å². The van der Waals surface area contributed by atoms with Gasteiger partial charge in [0.15, 0.2) is 17.3 Å². The SMILES string of the molecule is N#Cc1c2n(c(=O)n(CC(=O)c3ccc4c(c3)OCO4)c1=O)CCC2. The van der Waals surface area contributed by atoms with Crippen LogP contribution in [0, 0.1) is 11.3 Å². The zero-order chi connectivity index (χ0) is 17.6. The van der Waals surface area contributed by atoms with Gasteiger partial charge >= 0.3 is 5.69 Å². The van der Waals surface area contributed by atoms with Crippen LogP contribution < -0.4 is 20.7 Å². The van der Waals surface area contributed by atoms with Crippen molar-refractivity contribution in [3.63, 3.8) is 0 Å². The fraction of sp³-hybridized carbons (Fsp3) is 0.294. The molecule has 0 N–H and O–H groups in total. The molecule has 1 aromatic heterocycles. The van der Waals surface area contributed by atoms with Crippen molar-refractivity contribution in [1.82, 2.24) is 9.13 Å². The summed E-state index contributed by atoms with van der Waals surface area (Å²) in [5.74, 6) is 0.569. The number of fused-ring (bicyclic) bond motifs is 2. The van der Waals surface area contributed by atoms with Crippen molar-refractivity contribution in [2.45, 2.75) is 25.9 Å². The Morgan fingerprint density at radius 3 is 2.84 bits per heavy atom.